The standard InChI is InChI=1S/C22H19NO3/c1-14-7-3-4-8-17(14)20-13-16(12-11-15(20)2)23-21(24)18-9-5-6-10-19(18)22(25)26/h3-13H,1-2H3,(H,23,24)(H,25,26). The summed E-state index contributed by atoms with van der Waals surface area (Å²) in [7, 11) is 0. The number of hydrogen-bond donors (Lipinski definition) is 2. The Morgan fingerprint density at radius 1 is 0.769 bits per heavy atom. The summed E-state index contributed by atoms with van der Waals surface area (Å²) in [6.45, 7) is 4.07. The van der Waals surface area contributed by atoms with Gasteiger partial charge in [0.2, 0.25) is 0 Å². The SMILES string of the molecule is Cc1ccccc1-c1cc(NC(=O)c2ccccc2C(=O)O)ccc1C. The molecule has 0 aliphatic rings. The van der Waals surface area contributed by atoms with Gasteiger partial charge in [0.25, 0.3) is 5.91 Å². The first-order valence-electron chi connectivity index (χ1n) is 8.27. The van der Waals surface area contributed by atoms with Crippen LogP contribution in [-0.2, 0) is 0 Å². The number of aryl methyl sites for hydroxylation is 2. The maximum atomic E-state index is 12.6. The van der Waals surface area contributed by atoms with Crippen molar-refractivity contribution in [3.63, 3.8) is 0 Å². The van der Waals surface area contributed by atoms with Gasteiger partial charge in [-0.15, -0.1) is 0 Å². The molecule has 0 saturated heterocycles. The Labute approximate surface area is 152 Å². The molecular formula is C22H19NO3. The van der Waals surface area contributed by atoms with Crippen LogP contribution in [0, 0.1) is 13.8 Å². The minimum Gasteiger partial charge on any atom is -0.478 e. The predicted octanol–water partition coefficient (Wildman–Crippen LogP) is 4.92. The van der Waals surface area contributed by atoms with E-state index in [2.05, 4.69) is 5.32 Å². The van der Waals surface area contributed by atoms with Crippen LogP contribution >= 0.6 is 0 Å². The molecule has 4 nitrogen and oxygen atoms in total. The highest BCUT2D eigenvalue weighted by Gasteiger charge is 2.16. The molecule has 0 aliphatic heterocycles. The van der Waals surface area contributed by atoms with E-state index in [1.165, 1.54) is 12.1 Å². The van der Waals surface area contributed by atoms with Gasteiger partial charge < -0.3 is 10.4 Å². The van der Waals surface area contributed by atoms with Crippen LogP contribution in [0.1, 0.15) is 31.8 Å². The summed E-state index contributed by atoms with van der Waals surface area (Å²) >= 11 is 0. The fourth-order valence-corrected chi connectivity index (χ4v) is 2.93. The number of aromatic carboxylic acids is 1. The van der Waals surface area contributed by atoms with E-state index in [1.54, 1.807) is 12.1 Å². The molecule has 0 heterocycles. The fraction of sp³-hybridized carbons (Fsp3) is 0.0909. The molecule has 0 aliphatic carbocycles. The van der Waals surface area contributed by atoms with Crippen LogP contribution < -0.4 is 5.32 Å². The third-order valence-electron chi connectivity index (χ3n) is 4.33. The molecule has 4 heteroatoms. The Morgan fingerprint density at radius 3 is 2.08 bits per heavy atom. The van der Waals surface area contributed by atoms with Crippen LogP contribution in [0.2, 0.25) is 0 Å². The molecule has 3 aromatic carbocycles. The Kier molecular flexibility index (Phi) is 4.85. The van der Waals surface area contributed by atoms with Crippen LogP contribution in [-0.4, -0.2) is 17.0 Å². The molecule has 0 bridgehead atoms. The number of carboxylic acids is 1. The van der Waals surface area contributed by atoms with Gasteiger partial charge in [-0.05, 0) is 60.4 Å². The zero-order valence-corrected chi connectivity index (χ0v) is 14.6. The summed E-state index contributed by atoms with van der Waals surface area (Å²) in [6, 6.07) is 19.9. The molecule has 1 amide bonds. The molecular weight excluding hydrogens is 326 g/mol. The van der Waals surface area contributed by atoms with Crippen molar-refractivity contribution in [3.05, 3.63) is 89.0 Å². The lowest BCUT2D eigenvalue weighted by Gasteiger charge is -2.13. The molecule has 26 heavy (non-hydrogen) atoms. The average Bonchev–Trinajstić information content (AvgIpc) is 2.64. The van der Waals surface area contributed by atoms with Gasteiger partial charge in [0, 0.05) is 5.69 Å². The molecule has 0 unspecified atom stereocenters. The van der Waals surface area contributed by atoms with Crippen LogP contribution in [0.3, 0.4) is 0 Å². The molecule has 3 rings (SSSR count). The van der Waals surface area contributed by atoms with E-state index in [0.29, 0.717) is 5.69 Å². The van der Waals surface area contributed by atoms with Crippen LogP contribution in [0.5, 0.6) is 0 Å². The van der Waals surface area contributed by atoms with Gasteiger partial charge in [-0.2, -0.15) is 0 Å². The van der Waals surface area contributed by atoms with Crippen molar-refractivity contribution in [2.24, 2.45) is 0 Å². The van der Waals surface area contributed by atoms with E-state index in [1.807, 2.05) is 56.3 Å². The number of amides is 1. The molecule has 0 fully saturated rings. The number of carboxylic acid groups (broad SMARTS) is 1. The van der Waals surface area contributed by atoms with Crippen molar-refractivity contribution in [3.8, 4) is 11.1 Å². The summed E-state index contributed by atoms with van der Waals surface area (Å²) in [6.07, 6.45) is 0. The summed E-state index contributed by atoms with van der Waals surface area (Å²) < 4.78 is 0. The van der Waals surface area contributed by atoms with E-state index in [0.717, 1.165) is 22.3 Å². The maximum absolute atomic E-state index is 12.6. The minimum atomic E-state index is -1.12. The van der Waals surface area contributed by atoms with Gasteiger partial charge in [0.05, 0.1) is 11.1 Å². The third-order valence-corrected chi connectivity index (χ3v) is 4.33. The molecule has 0 aromatic heterocycles. The summed E-state index contributed by atoms with van der Waals surface area (Å²) in [5, 5.41) is 12.1. The smallest absolute Gasteiger partial charge is 0.336 e. The second kappa shape index (κ2) is 7.23. The number of benzene rings is 3. The second-order valence-electron chi connectivity index (χ2n) is 6.15. The zero-order valence-electron chi connectivity index (χ0n) is 14.6. The fourth-order valence-electron chi connectivity index (χ4n) is 2.93. The van der Waals surface area contributed by atoms with Crippen LogP contribution in [0.15, 0.2) is 66.7 Å². The van der Waals surface area contributed by atoms with Crippen molar-refractivity contribution in [1.82, 2.24) is 0 Å². The first-order valence-corrected chi connectivity index (χ1v) is 8.27. The van der Waals surface area contributed by atoms with Crippen molar-refractivity contribution < 1.29 is 14.7 Å². The van der Waals surface area contributed by atoms with Crippen LogP contribution in [0.4, 0.5) is 5.69 Å². The molecule has 0 atom stereocenters. The third kappa shape index (κ3) is 3.49. The Morgan fingerprint density at radius 2 is 1.38 bits per heavy atom. The quantitative estimate of drug-likeness (QED) is 0.705. The van der Waals surface area contributed by atoms with Gasteiger partial charge in [-0.3, -0.25) is 4.79 Å². The van der Waals surface area contributed by atoms with E-state index >= 15 is 0 Å². The molecule has 0 spiro atoms. The number of carbonyl (C=O) groups excluding carboxylic acids is 1. The van der Waals surface area contributed by atoms with Gasteiger partial charge in [-0.1, -0.05) is 42.5 Å². The number of anilines is 1. The van der Waals surface area contributed by atoms with Gasteiger partial charge in [-0.25, -0.2) is 4.79 Å². The van der Waals surface area contributed by atoms with E-state index in [4.69, 9.17) is 0 Å². The summed E-state index contributed by atoms with van der Waals surface area (Å²) in [5.41, 5.74) is 5.13. The lowest BCUT2D eigenvalue weighted by Crippen LogP contribution is -2.16. The van der Waals surface area contributed by atoms with Gasteiger partial charge in [0.1, 0.15) is 0 Å². The van der Waals surface area contributed by atoms with Gasteiger partial charge in [0.15, 0.2) is 0 Å². The maximum Gasteiger partial charge on any atom is 0.336 e. The molecule has 0 saturated carbocycles. The molecule has 3 aromatic rings. The lowest BCUT2D eigenvalue weighted by atomic mass is 9.96. The lowest BCUT2D eigenvalue weighted by molar-refractivity contribution is 0.0692. The van der Waals surface area contributed by atoms with E-state index in [9.17, 15) is 14.7 Å². The average molecular weight is 345 g/mol. The normalized spacial score (nSPS) is 10.4. The second-order valence-corrected chi connectivity index (χ2v) is 6.15. The number of hydrogen-bond acceptors (Lipinski definition) is 2. The monoisotopic (exact) mass is 345 g/mol. The topological polar surface area (TPSA) is 66.4 Å². The van der Waals surface area contributed by atoms with Crippen LogP contribution in [0.25, 0.3) is 11.1 Å². The highest BCUT2D eigenvalue weighted by Crippen LogP contribution is 2.29. The Balaban J connectivity index is 1.95. The number of carbonyl (C=O) groups is 2. The molecule has 0 radical (unpaired) electrons. The minimum absolute atomic E-state index is 0.0174. The van der Waals surface area contributed by atoms with Crippen molar-refractivity contribution in [2.45, 2.75) is 13.8 Å². The van der Waals surface area contributed by atoms with Crippen molar-refractivity contribution >= 4 is 17.6 Å². The molecule has 130 valence electrons. The van der Waals surface area contributed by atoms with E-state index < -0.39 is 11.9 Å². The summed E-state index contributed by atoms with van der Waals surface area (Å²) in [5.74, 6) is -1.57. The first kappa shape index (κ1) is 17.4. The number of rotatable bonds is 4. The molecule has 2 N–H and O–H groups in total. The predicted molar refractivity (Wildman–Crippen MR) is 103 cm³/mol. The number of nitrogens with one attached hydrogen (secondary N) is 1. The van der Waals surface area contributed by atoms with Crippen molar-refractivity contribution in [2.75, 3.05) is 5.32 Å². The summed E-state index contributed by atoms with van der Waals surface area (Å²) in [4.78, 5) is 23.9. The highest BCUT2D eigenvalue weighted by molar-refractivity contribution is 6.10. The highest BCUT2D eigenvalue weighted by atomic mass is 16.4. The first-order chi connectivity index (χ1) is 12.5. The zero-order chi connectivity index (χ0) is 18.7. The largest absolute Gasteiger partial charge is 0.478 e. The Hall–Kier alpha value is -3.40. The van der Waals surface area contributed by atoms with E-state index in [-0.39, 0.29) is 11.1 Å². The Bertz CT molecular complexity index is 992. The van der Waals surface area contributed by atoms with Crippen molar-refractivity contribution in [1.29, 1.82) is 0 Å². The van der Waals surface area contributed by atoms with Gasteiger partial charge >= 0.3 is 5.97 Å².